The van der Waals surface area contributed by atoms with Crippen molar-refractivity contribution in [2.24, 2.45) is 0 Å². The Morgan fingerprint density at radius 2 is 1.54 bits per heavy atom. The zero-order chi connectivity index (χ0) is 18.8. The van der Waals surface area contributed by atoms with Gasteiger partial charge in [0.2, 0.25) is 5.91 Å². The van der Waals surface area contributed by atoms with E-state index in [4.69, 9.17) is 4.74 Å². The number of rotatable bonds is 9. The summed E-state index contributed by atoms with van der Waals surface area (Å²) in [4.78, 5) is 27.5. The van der Waals surface area contributed by atoms with Crippen LogP contribution < -0.4 is 5.32 Å². The van der Waals surface area contributed by atoms with Gasteiger partial charge in [-0.3, -0.25) is 9.59 Å². The van der Waals surface area contributed by atoms with Gasteiger partial charge in [0.1, 0.15) is 6.61 Å². The Kier molecular flexibility index (Phi) is 7.83. The molecule has 0 radical (unpaired) electrons. The fraction of sp³-hybridized carbons (Fsp3) is 0.333. The molecule has 5 nitrogen and oxygen atoms in total. The largest absolute Gasteiger partial charge is 0.463 e. The number of likely N-dealkylation sites (N-methyl/N-ethyl adjacent to an activating group) is 1. The Morgan fingerprint density at radius 1 is 0.962 bits per heavy atom. The molecule has 5 heteroatoms. The molecule has 138 valence electrons. The molecule has 0 aliphatic carbocycles. The van der Waals surface area contributed by atoms with Crippen molar-refractivity contribution in [3.63, 3.8) is 0 Å². The van der Waals surface area contributed by atoms with Gasteiger partial charge in [-0.2, -0.15) is 0 Å². The van der Waals surface area contributed by atoms with E-state index < -0.39 is 17.8 Å². The number of nitrogens with zero attached hydrogens (tertiary/aromatic N) is 1. The van der Waals surface area contributed by atoms with Gasteiger partial charge in [-0.25, -0.2) is 0 Å². The Balaban J connectivity index is 2.08. The number of nitrogens with one attached hydrogen (secondary N) is 1. The van der Waals surface area contributed by atoms with Crippen molar-refractivity contribution in [3.05, 3.63) is 66.2 Å². The van der Waals surface area contributed by atoms with Crippen LogP contribution in [-0.4, -0.2) is 43.0 Å². The van der Waals surface area contributed by atoms with Crippen molar-refractivity contribution in [1.82, 2.24) is 4.90 Å². The van der Waals surface area contributed by atoms with Gasteiger partial charge in [0.05, 0.1) is 0 Å². The Hall–Kier alpha value is -2.66. The predicted molar refractivity (Wildman–Crippen MR) is 103 cm³/mol. The van der Waals surface area contributed by atoms with Crippen LogP contribution in [0.3, 0.4) is 0 Å². The minimum atomic E-state index is -0.992. The van der Waals surface area contributed by atoms with Gasteiger partial charge >= 0.3 is 5.97 Å². The second kappa shape index (κ2) is 10.4. The van der Waals surface area contributed by atoms with E-state index in [2.05, 4.69) is 24.1 Å². The Labute approximate surface area is 155 Å². The fourth-order valence-electron chi connectivity index (χ4n) is 2.67. The molecule has 0 heterocycles. The lowest BCUT2D eigenvalue weighted by Crippen LogP contribution is -2.32. The maximum atomic E-state index is 12.7. The standard InChI is InChI=1S/C21H26N2O3/c1-3-23(4-2)15-16-26-21(25)19(17-11-7-5-8-12-17)20(24)22-18-13-9-6-10-14-18/h5-14,19H,3-4,15-16H2,1-2H3,(H,22,24). The minimum absolute atomic E-state index is 0.266. The summed E-state index contributed by atoms with van der Waals surface area (Å²) >= 11 is 0. The number of para-hydroxylation sites is 1. The summed E-state index contributed by atoms with van der Waals surface area (Å²) in [5, 5.41) is 2.79. The topological polar surface area (TPSA) is 58.6 Å². The van der Waals surface area contributed by atoms with Crippen LogP contribution >= 0.6 is 0 Å². The Bertz CT molecular complexity index is 685. The van der Waals surface area contributed by atoms with Gasteiger partial charge in [0.25, 0.3) is 0 Å². The van der Waals surface area contributed by atoms with Crippen molar-refractivity contribution in [2.45, 2.75) is 19.8 Å². The first-order chi connectivity index (χ1) is 12.7. The average molecular weight is 354 g/mol. The van der Waals surface area contributed by atoms with Crippen molar-refractivity contribution in [1.29, 1.82) is 0 Å². The molecular formula is C21H26N2O3. The van der Waals surface area contributed by atoms with E-state index in [9.17, 15) is 9.59 Å². The molecule has 2 aromatic rings. The molecule has 0 saturated heterocycles. The normalized spacial score (nSPS) is 11.8. The zero-order valence-electron chi connectivity index (χ0n) is 15.4. The fourth-order valence-corrected chi connectivity index (χ4v) is 2.67. The number of benzene rings is 2. The van der Waals surface area contributed by atoms with Crippen molar-refractivity contribution >= 4 is 17.6 Å². The van der Waals surface area contributed by atoms with Crippen molar-refractivity contribution < 1.29 is 14.3 Å². The molecule has 0 aliphatic heterocycles. The number of hydrogen-bond donors (Lipinski definition) is 1. The summed E-state index contributed by atoms with van der Waals surface area (Å²) in [6.45, 7) is 6.83. The third-order valence-electron chi connectivity index (χ3n) is 4.22. The molecule has 0 spiro atoms. The van der Waals surface area contributed by atoms with Gasteiger partial charge in [-0.1, -0.05) is 62.4 Å². The molecular weight excluding hydrogens is 328 g/mol. The molecule has 26 heavy (non-hydrogen) atoms. The molecule has 2 aromatic carbocycles. The third kappa shape index (κ3) is 5.70. The molecule has 0 aliphatic rings. The summed E-state index contributed by atoms with van der Waals surface area (Å²) in [6, 6.07) is 18.1. The molecule has 1 unspecified atom stereocenters. The van der Waals surface area contributed by atoms with Gasteiger partial charge in [0.15, 0.2) is 5.92 Å². The lowest BCUT2D eigenvalue weighted by molar-refractivity contribution is -0.148. The summed E-state index contributed by atoms with van der Waals surface area (Å²) in [5.41, 5.74) is 1.27. The lowest BCUT2D eigenvalue weighted by atomic mass is 9.98. The molecule has 1 atom stereocenters. The minimum Gasteiger partial charge on any atom is -0.463 e. The predicted octanol–water partition coefficient (Wildman–Crippen LogP) is 3.29. The second-order valence-electron chi connectivity index (χ2n) is 5.89. The van der Waals surface area contributed by atoms with Crippen molar-refractivity contribution in [2.75, 3.05) is 31.6 Å². The summed E-state index contributed by atoms with van der Waals surface area (Å²) in [7, 11) is 0. The molecule has 2 rings (SSSR count). The maximum absolute atomic E-state index is 12.7. The zero-order valence-corrected chi connectivity index (χ0v) is 15.4. The quantitative estimate of drug-likeness (QED) is 0.554. The van der Waals surface area contributed by atoms with Gasteiger partial charge in [-0.05, 0) is 30.8 Å². The first-order valence-electron chi connectivity index (χ1n) is 8.95. The van der Waals surface area contributed by atoms with Crippen LogP contribution in [0.1, 0.15) is 25.3 Å². The van der Waals surface area contributed by atoms with E-state index in [1.165, 1.54) is 0 Å². The molecule has 1 N–H and O–H groups in total. The van der Waals surface area contributed by atoms with Crippen LogP contribution in [0.25, 0.3) is 0 Å². The smallest absolute Gasteiger partial charge is 0.323 e. The van der Waals surface area contributed by atoms with Gasteiger partial charge < -0.3 is 15.0 Å². The highest BCUT2D eigenvalue weighted by molar-refractivity contribution is 6.09. The van der Waals surface area contributed by atoms with Crippen molar-refractivity contribution in [3.8, 4) is 0 Å². The van der Waals surface area contributed by atoms with Crippen LogP contribution in [0.5, 0.6) is 0 Å². The van der Waals surface area contributed by atoms with E-state index >= 15 is 0 Å². The molecule has 1 amide bonds. The summed E-state index contributed by atoms with van der Waals surface area (Å²) < 4.78 is 5.41. The number of anilines is 1. The highest BCUT2D eigenvalue weighted by atomic mass is 16.5. The SMILES string of the molecule is CCN(CC)CCOC(=O)C(C(=O)Nc1ccccc1)c1ccccc1. The van der Waals surface area contributed by atoms with E-state index in [1.807, 2.05) is 24.3 Å². The lowest BCUT2D eigenvalue weighted by Gasteiger charge is -2.20. The van der Waals surface area contributed by atoms with Gasteiger partial charge in [0, 0.05) is 12.2 Å². The second-order valence-corrected chi connectivity index (χ2v) is 5.89. The average Bonchev–Trinajstić information content (AvgIpc) is 2.67. The number of esters is 1. The number of hydrogen-bond acceptors (Lipinski definition) is 4. The van der Waals surface area contributed by atoms with Crippen LogP contribution in [0.15, 0.2) is 60.7 Å². The van der Waals surface area contributed by atoms with Crippen LogP contribution in [0.2, 0.25) is 0 Å². The number of amides is 1. The maximum Gasteiger partial charge on any atom is 0.323 e. The van der Waals surface area contributed by atoms with Crippen LogP contribution in [-0.2, 0) is 14.3 Å². The monoisotopic (exact) mass is 354 g/mol. The summed E-state index contributed by atoms with van der Waals surface area (Å²) in [6.07, 6.45) is 0. The molecule has 0 bridgehead atoms. The third-order valence-corrected chi connectivity index (χ3v) is 4.22. The highest BCUT2D eigenvalue weighted by Crippen LogP contribution is 2.20. The van der Waals surface area contributed by atoms with E-state index in [0.717, 1.165) is 13.1 Å². The molecule has 0 saturated carbocycles. The number of ether oxygens (including phenoxy) is 1. The number of carbonyl (C=O) groups is 2. The van der Waals surface area contributed by atoms with E-state index in [1.54, 1.807) is 36.4 Å². The van der Waals surface area contributed by atoms with Gasteiger partial charge in [-0.15, -0.1) is 0 Å². The van der Waals surface area contributed by atoms with E-state index in [0.29, 0.717) is 17.8 Å². The van der Waals surface area contributed by atoms with Crippen LogP contribution in [0, 0.1) is 0 Å². The highest BCUT2D eigenvalue weighted by Gasteiger charge is 2.30. The number of carbonyl (C=O) groups excluding carboxylic acids is 2. The first kappa shape index (κ1) is 19.7. The molecule has 0 aromatic heterocycles. The first-order valence-corrected chi connectivity index (χ1v) is 8.95. The molecule has 0 fully saturated rings. The van der Waals surface area contributed by atoms with Crippen LogP contribution in [0.4, 0.5) is 5.69 Å². The Morgan fingerprint density at radius 3 is 2.12 bits per heavy atom. The van der Waals surface area contributed by atoms with E-state index in [-0.39, 0.29) is 6.61 Å². The summed E-state index contributed by atoms with van der Waals surface area (Å²) in [5.74, 6) is -1.92.